The average molecular weight is 278 g/mol. The zero-order chi connectivity index (χ0) is 14.7. The van der Waals surface area contributed by atoms with E-state index >= 15 is 0 Å². The maximum atomic E-state index is 6.08. The Labute approximate surface area is 123 Å². The van der Waals surface area contributed by atoms with Gasteiger partial charge >= 0.3 is 0 Å². The van der Waals surface area contributed by atoms with Crippen LogP contribution in [-0.2, 0) is 13.5 Å². The molecule has 4 nitrogen and oxygen atoms in total. The zero-order valence-corrected chi connectivity index (χ0v) is 13.5. The van der Waals surface area contributed by atoms with Gasteiger partial charge in [-0.05, 0) is 44.2 Å². The van der Waals surface area contributed by atoms with Crippen LogP contribution in [0.5, 0.6) is 0 Å². The minimum atomic E-state index is 0.340. The molecule has 0 bridgehead atoms. The van der Waals surface area contributed by atoms with E-state index in [1.54, 1.807) is 0 Å². The Morgan fingerprint density at radius 3 is 2.50 bits per heavy atom. The summed E-state index contributed by atoms with van der Waals surface area (Å²) in [7, 11) is 2.00. The monoisotopic (exact) mass is 278 g/mol. The summed E-state index contributed by atoms with van der Waals surface area (Å²) in [5.41, 5.74) is 8.62. The van der Waals surface area contributed by atoms with Gasteiger partial charge in [0.15, 0.2) is 0 Å². The molecule has 0 amide bonds. The number of hydrogen-bond acceptors (Lipinski definition) is 3. The number of piperidine rings is 1. The van der Waals surface area contributed by atoms with Crippen molar-refractivity contribution < 1.29 is 0 Å². The van der Waals surface area contributed by atoms with E-state index in [0.717, 1.165) is 18.3 Å². The summed E-state index contributed by atoms with van der Waals surface area (Å²) in [6.45, 7) is 9.88. The summed E-state index contributed by atoms with van der Waals surface area (Å²) in [6.07, 6.45) is 5.74. The van der Waals surface area contributed by atoms with Gasteiger partial charge in [-0.15, -0.1) is 0 Å². The first-order valence-corrected chi connectivity index (χ1v) is 8.03. The van der Waals surface area contributed by atoms with Crippen molar-refractivity contribution in [1.82, 2.24) is 14.7 Å². The third-order valence-corrected chi connectivity index (χ3v) is 4.81. The first kappa shape index (κ1) is 15.5. The van der Waals surface area contributed by atoms with Gasteiger partial charge in [-0.25, -0.2) is 0 Å². The molecule has 2 heterocycles. The van der Waals surface area contributed by atoms with Crippen molar-refractivity contribution in [3.63, 3.8) is 0 Å². The molecule has 20 heavy (non-hydrogen) atoms. The van der Waals surface area contributed by atoms with Gasteiger partial charge in [0.05, 0.1) is 11.7 Å². The van der Waals surface area contributed by atoms with Crippen molar-refractivity contribution in [3.05, 3.63) is 17.5 Å². The average Bonchev–Trinajstić information content (AvgIpc) is 2.81. The highest BCUT2D eigenvalue weighted by atomic mass is 15.3. The second kappa shape index (κ2) is 6.72. The van der Waals surface area contributed by atoms with Crippen LogP contribution in [0.3, 0.4) is 0 Å². The highest BCUT2D eigenvalue weighted by Crippen LogP contribution is 2.30. The minimum absolute atomic E-state index is 0.340. The Morgan fingerprint density at radius 2 is 2.00 bits per heavy atom. The van der Waals surface area contributed by atoms with E-state index in [1.165, 1.54) is 37.2 Å². The summed E-state index contributed by atoms with van der Waals surface area (Å²) in [4.78, 5) is 2.56. The number of aromatic nitrogens is 2. The molecule has 114 valence electrons. The van der Waals surface area contributed by atoms with Gasteiger partial charge in [0.2, 0.25) is 0 Å². The molecule has 4 heteroatoms. The molecule has 2 rings (SSSR count). The summed E-state index contributed by atoms with van der Waals surface area (Å²) in [6, 6.07) is 0.340. The second-order valence-corrected chi connectivity index (χ2v) is 6.43. The van der Waals surface area contributed by atoms with Crippen LogP contribution in [0.25, 0.3) is 0 Å². The smallest absolute Gasteiger partial charge is 0.0670 e. The molecule has 0 spiro atoms. The van der Waals surface area contributed by atoms with Crippen LogP contribution in [-0.4, -0.2) is 34.3 Å². The maximum Gasteiger partial charge on any atom is 0.0670 e. The van der Waals surface area contributed by atoms with Crippen LogP contribution in [0, 0.1) is 11.8 Å². The SMILES string of the molecule is CCc1nn(C)cc1C(CN)N1CCC(C(C)C)CC1. The third-order valence-electron chi connectivity index (χ3n) is 4.81. The Bertz CT molecular complexity index is 416. The highest BCUT2D eigenvalue weighted by molar-refractivity contribution is 5.22. The van der Waals surface area contributed by atoms with E-state index in [0.29, 0.717) is 12.6 Å². The lowest BCUT2D eigenvalue weighted by Crippen LogP contribution is -2.40. The predicted octanol–water partition coefficient (Wildman–Crippen LogP) is 2.35. The molecule has 1 aliphatic rings. The normalized spacial score (nSPS) is 19.7. The molecule has 1 atom stereocenters. The van der Waals surface area contributed by atoms with Gasteiger partial charge < -0.3 is 5.73 Å². The quantitative estimate of drug-likeness (QED) is 0.899. The van der Waals surface area contributed by atoms with Crippen LogP contribution in [0.15, 0.2) is 6.20 Å². The van der Waals surface area contributed by atoms with Crippen molar-refractivity contribution in [2.75, 3.05) is 19.6 Å². The highest BCUT2D eigenvalue weighted by Gasteiger charge is 2.28. The number of aryl methyl sites for hydroxylation is 2. The Balaban J connectivity index is 2.09. The molecule has 0 aliphatic carbocycles. The molecule has 0 aromatic carbocycles. The fourth-order valence-electron chi connectivity index (χ4n) is 3.48. The molecule has 1 unspecified atom stereocenters. The van der Waals surface area contributed by atoms with Gasteiger partial charge in [-0.2, -0.15) is 5.10 Å². The number of nitrogens with zero attached hydrogens (tertiary/aromatic N) is 3. The lowest BCUT2D eigenvalue weighted by atomic mass is 9.86. The van der Waals surface area contributed by atoms with Crippen molar-refractivity contribution in [1.29, 1.82) is 0 Å². The van der Waals surface area contributed by atoms with Crippen LogP contribution >= 0.6 is 0 Å². The Kier molecular flexibility index (Phi) is 5.22. The van der Waals surface area contributed by atoms with Crippen molar-refractivity contribution >= 4 is 0 Å². The maximum absolute atomic E-state index is 6.08. The number of nitrogens with two attached hydrogens (primary N) is 1. The minimum Gasteiger partial charge on any atom is -0.329 e. The van der Waals surface area contributed by atoms with Crippen LogP contribution in [0.2, 0.25) is 0 Å². The van der Waals surface area contributed by atoms with Gasteiger partial charge in [0.25, 0.3) is 0 Å². The molecule has 1 aromatic heterocycles. The number of hydrogen-bond donors (Lipinski definition) is 1. The first-order valence-electron chi connectivity index (χ1n) is 8.03. The zero-order valence-electron chi connectivity index (χ0n) is 13.5. The van der Waals surface area contributed by atoms with E-state index in [1.807, 2.05) is 11.7 Å². The molecule has 1 fully saturated rings. The van der Waals surface area contributed by atoms with E-state index in [-0.39, 0.29) is 0 Å². The Hall–Kier alpha value is -0.870. The van der Waals surface area contributed by atoms with Gasteiger partial charge in [0, 0.05) is 25.4 Å². The topological polar surface area (TPSA) is 47.1 Å². The predicted molar refractivity (Wildman–Crippen MR) is 83.5 cm³/mol. The lowest BCUT2D eigenvalue weighted by Gasteiger charge is -2.38. The van der Waals surface area contributed by atoms with Crippen molar-refractivity contribution in [3.8, 4) is 0 Å². The van der Waals surface area contributed by atoms with Crippen LogP contribution in [0.1, 0.15) is 50.9 Å². The van der Waals surface area contributed by atoms with Gasteiger partial charge in [0.1, 0.15) is 0 Å². The largest absolute Gasteiger partial charge is 0.329 e. The van der Waals surface area contributed by atoms with E-state index < -0.39 is 0 Å². The van der Waals surface area contributed by atoms with Crippen molar-refractivity contribution in [2.45, 2.75) is 46.1 Å². The molecule has 1 aromatic rings. The first-order chi connectivity index (χ1) is 9.56. The molecule has 1 saturated heterocycles. The molecule has 1 aliphatic heterocycles. The Morgan fingerprint density at radius 1 is 1.35 bits per heavy atom. The molecular weight excluding hydrogens is 248 g/mol. The van der Waals surface area contributed by atoms with E-state index in [9.17, 15) is 0 Å². The van der Waals surface area contributed by atoms with Crippen molar-refractivity contribution in [2.24, 2.45) is 24.6 Å². The number of rotatable bonds is 5. The van der Waals surface area contributed by atoms with E-state index in [4.69, 9.17) is 5.73 Å². The second-order valence-electron chi connectivity index (χ2n) is 6.43. The fourth-order valence-corrected chi connectivity index (χ4v) is 3.48. The van der Waals surface area contributed by atoms with Gasteiger partial charge in [-0.3, -0.25) is 9.58 Å². The number of likely N-dealkylation sites (tertiary alicyclic amines) is 1. The standard InChI is InChI=1S/C16H30N4/c1-5-15-14(11-19(4)18-15)16(10-17)20-8-6-13(7-9-20)12(2)3/h11-13,16H,5-10,17H2,1-4H3. The third kappa shape index (κ3) is 3.23. The summed E-state index contributed by atoms with van der Waals surface area (Å²) in [5, 5.41) is 4.57. The molecular formula is C16H30N4. The summed E-state index contributed by atoms with van der Waals surface area (Å²) < 4.78 is 1.93. The molecule has 0 saturated carbocycles. The van der Waals surface area contributed by atoms with E-state index in [2.05, 4.69) is 37.0 Å². The van der Waals surface area contributed by atoms with Gasteiger partial charge in [-0.1, -0.05) is 20.8 Å². The fraction of sp³-hybridized carbons (Fsp3) is 0.812. The molecule has 0 radical (unpaired) electrons. The summed E-state index contributed by atoms with van der Waals surface area (Å²) in [5.74, 6) is 1.68. The lowest BCUT2D eigenvalue weighted by molar-refractivity contribution is 0.117. The van der Waals surface area contributed by atoms with Crippen LogP contribution in [0.4, 0.5) is 0 Å². The summed E-state index contributed by atoms with van der Waals surface area (Å²) >= 11 is 0. The van der Waals surface area contributed by atoms with Crippen LogP contribution < -0.4 is 5.73 Å². The molecule has 2 N–H and O–H groups in total.